The Bertz CT molecular complexity index is 915. The zero-order valence-electron chi connectivity index (χ0n) is 14.8. The van der Waals surface area contributed by atoms with Crippen LogP contribution in [-0.2, 0) is 4.74 Å². The first-order chi connectivity index (χ1) is 13.5. The van der Waals surface area contributed by atoms with E-state index in [0.29, 0.717) is 37.7 Å². The number of hydrogen-bond acceptors (Lipinski definition) is 7. The molecule has 1 saturated heterocycles. The fourth-order valence-electron chi connectivity index (χ4n) is 2.80. The number of rotatable bonds is 4. The van der Waals surface area contributed by atoms with Gasteiger partial charge in [0.1, 0.15) is 5.75 Å². The van der Waals surface area contributed by atoms with Crippen LogP contribution in [0.4, 0.5) is 17.1 Å². The number of nitrogens with one attached hydrogen (secondary N) is 2. The Morgan fingerprint density at radius 3 is 2.61 bits per heavy atom. The number of ether oxygens (including phenoxy) is 1. The maximum Gasteiger partial charge on any atom is 0.270 e. The smallest absolute Gasteiger partial charge is 0.270 e. The number of aromatic hydroxyl groups is 1. The first-order valence-electron chi connectivity index (χ1n) is 8.47. The van der Waals surface area contributed by atoms with Crippen LogP contribution in [0, 0.1) is 10.1 Å². The van der Waals surface area contributed by atoms with Gasteiger partial charge in [0.2, 0.25) is 0 Å². The quantitative estimate of drug-likeness (QED) is 0.309. The summed E-state index contributed by atoms with van der Waals surface area (Å²) in [5, 5.41) is 26.1. The summed E-state index contributed by atoms with van der Waals surface area (Å²) in [6.07, 6.45) is 0. The maximum absolute atomic E-state index is 12.8. The minimum Gasteiger partial charge on any atom is -0.506 e. The van der Waals surface area contributed by atoms with Crippen LogP contribution in [0.5, 0.6) is 5.75 Å². The van der Waals surface area contributed by atoms with E-state index in [1.807, 2.05) is 4.90 Å². The number of phenols is 1. The first kappa shape index (κ1) is 19.5. The van der Waals surface area contributed by atoms with E-state index in [4.69, 9.17) is 17.0 Å². The van der Waals surface area contributed by atoms with Crippen LogP contribution in [0.3, 0.4) is 0 Å². The second kappa shape index (κ2) is 8.63. The molecule has 0 atom stereocenters. The summed E-state index contributed by atoms with van der Waals surface area (Å²) >= 11 is 5.13. The van der Waals surface area contributed by atoms with E-state index < -0.39 is 10.8 Å². The first-order valence-corrected chi connectivity index (χ1v) is 8.88. The van der Waals surface area contributed by atoms with E-state index in [1.54, 1.807) is 24.3 Å². The fourth-order valence-corrected chi connectivity index (χ4v) is 3.01. The van der Waals surface area contributed by atoms with E-state index in [0.717, 1.165) is 0 Å². The molecule has 1 heterocycles. The van der Waals surface area contributed by atoms with Crippen molar-refractivity contribution in [2.24, 2.45) is 0 Å². The Morgan fingerprint density at radius 1 is 1.21 bits per heavy atom. The van der Waals surface area contributed by atoms with Crippen molar-refractivity contribution >= 4 is 40.3 Å². The molecule has 10 heteroatoms. The van der Waals surface area contributed by atoms with Crippen LogP contribution in [0.2, 0.25) is 0 Å². The molecule has 0 aromatic heterocycles. The third kappa shape index (κ3) is 4.53. The summed E-state index contributed by atoms with van der Waals surface area (Å²) in [4.78, 5) is 25.3. The molecule has 1 aliphatic heterocycles. The van der Waals surface area contributed by atoms with Crippen molar-refractivity contribution < 1.29 is 19.6 Å². The molecule has 0 saturated carbocycles. The number of nitro benzene ring substituents is 1. The number of non-ortho nitro benzene ring substituents is 1. The molecule has 0 radical (unpaired) electrons. The van der Waals surface area contributed by atoms with Gasteiger partial charge in [-0.15, -0.1) is 0 Å². The normalized spacial score (nSPS) is 13.6. The summed E-state index contributed by atoms with van der Waals surface area (Å²) in [6.45, 7) is 2.15. The van der Waals surface area contributed by atoms with Crippen LogP contribution in [0.25, 0.3) is 0 Å². The van der Waals surface area contributed by atoms with Gasteiger partial charge in [0, 0.05) is 25.2 Å². The highest BCUT2D eigenvalue weighted by Crippen LogP contribution is 2.27. The second-order valence-electron chi connectivity index (χ2n) is 5.98. The topological polar surface area (TPSA) is 117 Å². The van der Waals surface area contributed by atoms with Gasteiger partial charge in [-0.05, 0) is 30.4 Å². The molecule has 3 rings (SSSR count). The molecule has 0 aliphatic carbocycles. The minimum atomic E-state index is -0.585. The van der Waals surface area contributed by atoms with Gasteiger partial charge in [0.05, 0.1) is 35.1 Å². The van der Waals surface area contributed by atoms with E-state index in [-0.39, 0.29) is 22.1 Å². The Hall–Kier alpha value is -3.24. The lowest BCUT2D eigenvalue weighted by Gasteiger charge is -2.30. The van der Waals surface area contributed by atoms with Crippen LogP contribution in [0.1, 0.15) is 10.4 Å². The number of carbonyl (C=O) groups is 1. The predicted molar refractivity (Wildman–Crippen MR) is 108 cm³/mol. The van der Waals surface area contributed by atoms with Gasteiger partial charge >= 0.3 is 0 Å². The predicted octanol–water partition coefficient (Wildman–Crippen LogP) is 2.26. The number of phenolic OH excluding ortho intramolecular Hbond substituents is 1. The molecule has 1 fully saturated rings. The maximum atomic E-state index is 12.8. The third-order valence-corrected chi connectivity index (χ3v) is 4.37. The van der Waals surface area contributed by atoms with Crippen molar-refractivity contribution in [1.29, 1.82) is 0 Å². The van der Waals surface area contributed by atoms with Gasteiger partial charge < -0.3 is 20.1 Å². The van der Waals surface area contributed by atoms with E-state index >= 15 is 0 Å². The van der Waals surface area contributed by atoms with Gasteiger partial charge in [-0.2, -0.15) is 0 Å². The number of thiocarbonyl (C=S) groups is 1. The Balaban J connectivity index is 1.82. The van der Waals surface area contributed by atoms with Crippen molar-refractivity contribution in [3.8, 4) is 5.75 Å². The average molecular weight is 402 g/mol. The van der Waals surface area contributed by atoms with Gasteiger partial charge in [-0.1, -0.05) is 12.1 Å². The highest BCUT2D eigenvalue weighted by molar-refractivity contribution is 7.80. The minimum absolute atomic E-state index is 0.0246. The van der Waals surface area contributed by atoms with Crippen molar-refractivity contribution in [3.05, 3.63) is 58.1 Å². The van der Waals surface area contributed by atoms with Crippen LogP contribution in [-0.4, -0.2) is 47.4 Å². The standard InChI is InChI=1S/C18H18N4O5S/c23-16-4-2-1-3-14(16)19-18(28)20-17(24)13-11-12(22(25)26)5-6-15(13)21-7-9-27-10-8-21/h1-6,11,23H,7-10H2,(H2,19,20,24,28). The molecule has 2 aromatic carbocycles. The molecule has 0 spiro atoms. The zero-order chi connectivity index (χ0) is 20.1. The molecule has 2 aromatic rings. The number of anilines is 2. The van der Waals surface area contributed by atoms with Crippen molar-refractivity contribution in [2.75, 3.05) is 36.5 Å². The number of carbonyl (C=O) groups excluding carboxylic acids is 1. The molecule has 0 unspecified atom stereocenters. The summed E-state index contributed by atoms with van der Waals surface area (Å²) in [5.41, 5.74) is 0.844. The van der Waals surface area contributed by atoms with Crippen molar-refractivity contribution in [3.63, 3.8) is 0 Å². The highest BCUT2D eigenvalue weighted by atomic mass is 32.1. The van der Waals surface area contributed by atoms with Gasteiger partial charge in [-0.25, -0.2) is 0 Å². The molecule has 146 valence electrons. The molecular weight excluding hydrogens is 384 g/mol. The number of nitro groups is 1. The molecule has 3 N–H and O–H groups in total. The average Bonchev–Trinajstić information content (AvgIpc) is 2.70. The zero-order valence-corrected chi connectivity index (χ0v) is 15.6. The van der Waals surface area contributed by atoms with Gasteiger partial charge in [0.25, 0.3) is 11.6 Å². The lowest BCUT2D eigenvalue weighted by Crippen LogP contribution is -2.39. The van der Waals surface area contributed by atoms with Crippen molar-refractivity contribution in [2.45, 2.75) is 0 Å². The number of hydrogen-bond donors (Lipinski definition) is 3. The number of para-hydroxylation sites is 2. The summed E-state index contributed by atoms with van der Waals surface area (Å²) in [5.74, 6) is -0.610. The third-order valence-electron chi connectivity index (χ3n) is 4.17. The number of benzene rings is 2. The Labute approximate surface area is 166 Å². The number of nitrogens with zero attached hydrogens (tertiary/aromatic N) is 2. The van der Waals surface area contributed by atoms with E-state index in [1.165, 1.54) is 18.2 Å². The van der Waals surface area contributed by atoms with E-state index in [2.05, 4.69) is 10.6 Å². The lowest BCUT2D eigenvalue weighted by atomic mass is 10.1. The summed E-state index contributed by atoms with van der Waals surface area (Å²) in [6, 6.07) is 10.6. The number of amides is 1. The molecular formula is C18H18N4O5S. The number of morpholine rings is 1. The summed E-state index contributed by atoms with van der Waals surface area (Å²) < 4.78 is 5.32. The van der Waals surface area contributed by atoms with Crippen LogP contribution in [0.15, 0.2) is 42.5 Å². The van der Waals surface area contributed by atoms with E-state index in [9.17, 15) is 20.0 Å². The largest absolute Gasteiger partial charge is 0.506 e. The van der Waals surface area contributed by atoms with Crippen LogP contribution >= 0.6 is 12.2 Å². The lowest BCUT2D eigenvalue weighted by molar-refractivity contribution is -0.384. The van der Waals surface area contributed by atoms with Crippen molar-refractivity contribution in [1.82, 2.24) is 5.32 Å². The highest BCUT2D eigenvalue weighted by Gasteiger charge is 2.22. The molecule has 1 amide bonds. The van der Waals surface area contributed by atoms with Crippen LogP contribution < -0.4 is 15.5 Å². The van der Waals surface area contributed by atoms with Gasteiger partial charge in [0.15, 0.2) is 5.11 Å². The monoisotopic (exact) mass is 402 g/mol. The molecule has 9 nitrogen and oxygen atoms in total. The molecule has 0 bridgehead atoms. The second-order valence-corrected chi connectivity index (χ2v) is 6.39. The summed E-state index contributed by atoms with van der Waals surface area (Å²) in [7, 11) is 0. The fraction of sp³-hybridized carbons (Fsp3) is 0.222. The molecule has 28 heavy (non-hydrogen) atoms. The SMILES string of the molecule is O=C(NC(=S)Nc1ccccc1O)c1cc([N+](=O)[O-])ccc1N1CCOCC1. The van der Waals surface area contributed by atoms with Gasteiger partial charge in [-0.3, -0.25) is 20.2 Å². The Morgan fingerprint density at radius 2 is 1.93 bits per heavy atom. The Kier molecular flexibility index (Phi) is 6.02. The molecule has 1 aliphatic rings.